The number of nitriles is 3. The van der Waals surface area contributed by atoms with Gasteiger partial charge >= 0.3 is 6.18 Å². The Hall–Kier alpha value is -3.37. The quantitative estimate of drug-likeness (QED) is 0.324. The van der Waals surface area contributed by atoms with Crippen molar-refractivity contribution >= 4 is 28.3 Å². The van der Waals surface area contributed by atoms with E-state index >= 15 is 0 Å². The van der Waals surface area contributed by atoms with E-state index in [9.17, 15) is 22.0 Å². The van der Waals surface area contributed by atoms with Crippen LogP contribution in [0.1, 0.15) is 5.56 Å². The second-order valence-electron chi connectivity index (χ2n) is 5.22. The highest BCUT2D eigenvalue weighted by atomic mass is 127. The maximum atomic E-state index is 14.1. The predicted octanol–water partition coefficient (Wildman–Crippen LogP) is 5.62. The van der Waals surface area contributed by atoms with E-state index in [-0.39, 0.29) is 23.6 Å². The van der Waals surface area contributed by atoms with Crippen LogP contribution < -0.4 is 10.1 Å². The van der Waals surface area contributed by atoms with Gasteiger partial charge in [-0.2, -0.15) is 29.0 Å². The van der Waals surface area contributed by atoms with Crippen molar-refractivity contribution in [3.05, 3.63) is 62.4 Å². The maximum absolute atomic E-state index is 14.1. The summed E-state index contributed by atoms with van der Waals surface area (Å²) in [6.45, 7) is 0. The van der Waals surface area contributed by atoms with Crippen molar-refractivity contribution in [2.45, 2.75) is 6.18 Å². The van der Waals surface area contributed by atoms with Crippen molar-refractivity contribution < 1.29 is 26.7 Å². The van der Waals surface area contributed by atoms with Gasteiger partial charge in [-0.05, 0) is 52.9 Å². The zero-order valence-electron chi connectivity index (χ0n) is 13.9. The molecule has 0 spiro atoms. The molecule has 0 aliphatic heterocycles. The number of rotatable bonds is 4. The first-order chi connectivity index (χ1) is 13.6. The van der Waals surface area contributed by atoms with E-state index in [4.69, 9.17) is 20.5 Å². The van der Waals surface area contributed by atoms with Crippen LogP contribution in [0.2, 0.25) is 0 Å². The largest absolute Gasteiger partial charge is 0.449 e. The molecular weight excluding hydrogens is 510 g/mol. The number of benzene rings is 2. The second-order valence-corrected chi connectivity index (χ2v) is 6.47. The van der Waals surface area contributed by atoms with Crippen LogP contribution in [0.5, 0.6) is 11.5 Å². The fraction of sp³-hybridized carbons (Fsp3) is 0.0556. The molecule has 2 rings (SSSR count). The Morgan fingerprint density at radius 3 is 2.03 bits per heavy atom. The van der Waals surface area contributed by atoms with E-state index < -0.39 is 40.4 Å². The Labute approximate surface area is 174 Å². The fourth-order valence-corrected chi connectivity index (χ4v) is 2.53. The van der Waals surface area contributed by atoms with Gasteiger partial charge in [-0.15, -0.1) is 0 Å². The minimum atomic E-state index is -4.95. The summed E-state index contributed by atoms with van der Waals surface area (Å²) >= 11 is 1.88. The first-order valence-corrected chi connectivity index (χ1v) is 8.43. The SMILES string of the molecule is N#CC(C#N)=C(C#N)Nc1cc(I)ccc1Oc1c(F)cc(C(F)(F)F)cc1F. The Balaban J connectivity index is 2.52. The molecule has 0 atom stereocenters. The summed E-state index contributed by atoms with van der Waals surface area (Å²) in [4.78, 5) is 0. The van der Waals surface area contributed by atoms with Gasteiger partial charge in [0.25, 0.3) is 0 Å². The smallest absolute Gasteiger partial charge is 0.416 e. The third-order valence-electron chi connectivity index (χ3n) is 3.32. The fourth-order valence-electron chi connectivity index (χ4n) is 2.04. The summed E-state index contributed by atoms with van der Waals surface area (Å²) in [7, 11) is 0. The summed E-state index contributed by atoms with van der Waals surface area (Å²) in [6, 6.07) is 8.88. The van der Waals surface area contributed by atoms with Gasteiger partial charge in [-0.25, -0.2) is 8.78 Å². The van der Waals surface area contributed by atoms with Crippen molar-refractivity contribution in [3.8, 4) is 29.7 Å². The van der Waals surface area contributed by atoms with Crippen LogP contribution in [-0.4, -0.2) is 0 Å². The molecule has 0 bridgehead atoms. The average molecular weight is 516 g/mol. The molecule has 0 saturated carbocycles. The number of hydrogen-bond acceptors (Lipinski definition) is 5. The van der Waals surface area contributed by atoms with Gasteiger partial charge in [0, 0.05) is 3.57 Å². The lowest BCUT2D eigenvalue weighted by Gasteiger charge is -2.15. The molecule has 2 aromatic rings. The number of alkyl halides is 3. The molecule has 29 heavy (non-hydrogen) atoms. The lowest BCUT2D eigenvalue weighted by atomic mass is 10.2. The lowest BCUT2D eigenvalue weighted by molar-refractivity contribution is -0.138. The topological polar surface area (TPSA) is 92.6 Å². The predicted molar refractivity (Wildman–Crippen MR) is 98.1 cm³/mol. The van der Waals surface area contributed by atoms with Gasteiger partial charge in [0.2, 0.25) is 0 Å². The van der Waals surface area contributed by atoms with Crippen LogP contribution in [0.25, 0.3) is 0 Å². The number of ether oxygens (including phenoxy) is 1. The molecule has 0 aromatic heterocycles. The van der Waals surface area contributed by atoms with Crippen LogP contribution in [0, 0.1) is 49.2 Å². The molecule has 2 aromatic carbocycles. The summed E-state index contributed by atoms with van der Waals surface area (Å²) in [6.07, 6.45) is -4.95. The number of nitrogens with zero attached hydrogens (tertiary/aromatic N) is 3. The van der Waals surface area contributed by atoms with Gasteiger partial charge in [0.1, 0.15) is 23.9 Å². The Kier molecular flexibility index (Phi) is 6.62. The maximum Gasteiger partial charge on any atom is 0.416 e. The Morgan fingerprint density at radius 2 is 1.55 bits per heavy atom. The molecule has 11 heteroatoms. The highest BCUT2D eigenvalue weighted by molar-refractivity contribution is 14.1. The van der Waals surface area contributed by atoms with E-state index in [1.54, 1.807) is 6.07 Å². The zero-order chi connectivity index (χ0) is 21.8. The van der Waals surface area contributed by atoms with E-state index in [2.05, 4.69) is 5.32 Å². The van der Waals surface area contributed by atoms with Crippen molar-refractivity contribution in [1.82, 2.24) is 0 Å². The molecule has 0 aliphatic carbocycles. The number of halogens is 6. The number of nitrogens with one attached hydrogen (secondary N) is 1. The number of anilines is 1. The van der Waals surface area contributed by atoms with Crippen molar-refractivity contribution in [2.24, 2.45) is 0 Å². The molecule has 0 unspecified atom stereocenters. The van der Waals surface area contributed by atoms with E-state index in [0.717, 1.165) is 0 Å². The Morgan fingerprint density at radius 1 is 0.966 bits per heavy atom. The van der Waals surface area contributed by atoms with Gasteiger partial charge in [0.15, 0.2) is 28.7 Å². The molecular formula is C18H6F5IN4O. The zero-order valence-corrected chi connectivity index (χ0v) is 16.1. The van der Waals surface area contributed by atoms with Crippen molar-refractivity contribution in [3.63, 3.8) is 0 Å². The third kappa shape index (κ3) is 5.12. The second kappa shape index (κ2) is 8.76. The summed E-state index contributed by atoms with van der Waals surface area (Å²) in [5, 5.41) is 29.3. The molecule has 146 valence electrons. The Bertz CT molecular complexity index is 1080. The van der Waals surface area contributed by atoms with E-state index in [0.29, 0.717) is 3.57 Å². The van der Waals surface area contributed by atoms with Gasteiger partial charge in [-0.3, -0.25) is 0 Å². The molecule has 0 radical (unpaired) electrons. The van der Waals surface area contributed by atoms with Gasteiger partial charge in [0.05, 0.1) is 11.3 Å². The third-order valence-corrected chi connectivity index (χ3v) is 4.00. The summed E-state index contributed by atoms with van der Waals surface area (Å²) < 4.78 is 71.8. The van der Waals surface area contributed by atoms with Crippen LogP contribution in [-0.2, 0) is 6.18 Å². The van der Waals surface area contributed by atoms with Crippen LogP contribution >= 0.6 is 22.6 Å². The number of allylic oxidation sites excluding steroid dienone is 2. The average Bonchev–Trinajstić information content (AvgIpc) is 2.65. The highest BCUT2D eigenvalue weighted by Gasteiger charge is 2.33. The van der Waals surface area contributed by atoms with E-state index in [1.807, 2.05) is 22.6 Å². The molecule has 0 saturated heterocycles. The summed E-state index contributed by atoms with van der Waals surface area (Å²) in [5.41, 5.74) is -2.57. The van der Waals surface area contributed by atoms with Crippen LogP contribution in [0.4, 0.5) is 27.6 Å². The van der Waals surface area contributed by atoms with Crippen LogP contribution in [0.15, 0.2) is 41.6 Å². The first-order valence-electron chi connectivity index (χ1n) is 7.36. The normalized spacial score (nSPS) is 10.3. The standard InChI is InChI=1S/C18H6F5IN4O/c19-12-3-10(18(21,22)23)4-13(20)17(12)29-16-2-1-11(24)5-14(16)28-15(8-27)9(6-25)7-26/h1-5,28H. The van der Waals surface area contributed by atoms with Crippen molar-refractivity contribution in [2.75, 3.05) is 5.32 Å². The molecule has 0 amide bonds. The monoisotopic (exact) mass is 516 g/mol. The lowest BCUT2D eigenvalue weighted by Crippen LogP contribution is -2.08. The molecule has 1 N–H and O–H groups in total. The molecule has 5 nitrogen and oxygen atoms in total. The minimum absolute atomic E-state index is 0.0462. The summed E-state index contributed by atoms with van der Waals surface area (Å²) in [5.74, 6) is -4.53. The van der Waals surface area contributed by atoms with Crippen molar-refractivity contribution in [1.29, 1.82) is 15.8 Å². The minimum Gasteiger partial charge on any atom is -0.449 e. The molecule has 0 heterocycles. The van der Waals surface area contributed by atoms with Gasteiger partial charge in [-0.1, -0.05) is 0 Å². The van der Waals surface area contributed by atoms with Crippen LogP contribution in [0.3, 0.4) is 0 Å². The van der Waals surface area contributed by atoms with E-state index in [1.165, 1.54) is 30.3 Å². The molecule has 0 aliphatic rings. The molecule has 0 fully saturated rings. The highest BCUT2D eigenvalue weighted by Crippen LogP contribution is 2.38. The first kappa shape index (κ1) is 21.9. The van der Waals surface area contributed by atoms with Gasteiger partial charge < -0.3 is 10.1 Å². The number of hydrogen-bond donors (Lipinski definition) is 1.